The molecule has 0 saturated heterocycles. The molecule has 1 N–H and O–H groups in total. The van der Waals surface area contributed by atoms with E-state index in [1.54, 1.807) is 25.1 Å². The number of aliphatic imine (C=N–C) groups is 1. The van der Waals surface area contributed by atoms with Crippen molar-refractivity contribution in [3.05, 3.63) is 35.1 Å². The minimum atomic E-state index is 0.358. The molecule has 1 aromatic rings. The number of allylic oxidation sites excluding steroid dienone is 2. The van der Waals surface area contributed by atoms with Crippen LogP contribution in [0.15, 0.2) is 35.1 Å². The lowest BCUT2D eigenvalue weighted by Gasteiger charge is -1.97. The molecule has 0 unspecified atom stereocenters. The SMILES string of the molecule is C/C=C(C=O)\N=C/Nc1ccc(Cl)cn1. The van der Waals surface area contributed by atoms with Crippen molar-refractivity contribution in [3.63, 3.8) is 0 Å². The van der Waals surface area contributed by atoms with E-state index in [4.69, 9.17) is 11.6 Å². The molecule has 0 bridgehead atoms. The zero-order valence-electron chi connectivity index (χ0n) is 8.14. The van der Waals surface area contributed by atoms with Crippen LogP contribution in [0.25, 0.3) is 0 Å². The van der Waals surface area contributed by atoms with Gasteiger partial charge in [0.05, 0.1) is 11.4 Å². The number of nitrogens with one attached hydrogen (secondary N) is 1. The zero-order chi connectivity index (χ0) is 11.1. The van der Waals surface area contributed by atoms with Crippen molar-refractivity contribution in [2.24, 2.45) is 4.99 Å². The van der Waals surface area contributed by atoms with Crippen LogP contribution in [0.5, 0.6) is 0 Å². The fraction of sp³-hybridized carbons (Fsp3) is 0.100. The van der Waals surface area contributed by atoms with Gasteiger partial charge in [-0.2, -0.15) is 0 Å². The molecule has 0 fully saturated rings. The van der Waals surface area contributed by atoms with Gasteiger partial charge in [-0.1, -0.05) is 17.7 Å². The largest absolute Gasteiger partial charge is 0.331 e. The molecule has 0 aliphatic carbocycles. The Labute approximate surface area is 92.7 Å². The van der Waals surface area contributed by atoms with E-state index < -0.39 is 0 Å². The van der Waals surface area contributed by atoms with Gasteiger partial charge in [-0.15, -0.1) is 0 Å². The number of carbonyl (C=O) groups excluding carboxylic acids is 1. The third-order valence-electron chi connectivity index (χ3n) is 1.57. The van der Waals surface area contributed by atoms with Crippen LogP contribution < -0.4 is 5.32 Å². The summed E-state index contributed by atoms with van der Waals surface area (Å²) in [6.45, 7) is 1.74. The Morgan fingerprint density at radius 1 is 1.60 bits per heavy atom. The van der Waals surface area contributed by atoms with Gasteiger partial charge < -0.3 is 5.32 Å². The first kappa shape index (κ1) is 11.4. The van der Waals surface area contributed by atoms with E-state index in [2.05, 4.69) is 15.3 Å². The number of hydrogen-bond donors (Lipinski definition) is 1. The quantitative estimate of drug-likeness (QED) is 0.369. The van der Waals surface area contributed by atoms with Gasteiger partial charge >= 0.3 is 0 Å². The van der Waals surface area contributed by atoms with Crippen molar-refractivity contribution < 1.29 is 4.79 Å². The van der Waals surface area contributed by atoms with E-state index in [-0.39, 0.29) is 0 Å². The highest BCUT2D eigenvalue weighted by Gasteiger charge is 1.91. The van der Waals surface area contributed by atoms with Crippen LogP contribution in [0.1, 0.15) is 6.92 Å². The van der Waals surface area contributed by atoms with Crippen molar-refractivity contribution in [1.82, 2.24) is 4.98 Å². The summed E-state index contributed by atoms with van der Waals surface area (Å²) < 4.78 is 0. The molecule has 0 aromatic carbocycles. The molecule has 0 radical (unpaired) electrons. The maximum absolute atomic E-state index is 10.4. The summed E-state index contributed by atoms with van der Waals surface area (Å²) in [6, 6.07) is 3.42. The molecule has 0 aliphatic heterocycles. The summed E-state index contributed by atoms with van der Waals surface area (Å²) in [7, 11) is 0. The van der Waals surface area contributed by atoms with Gasteiger partial charge in [0.15, 0.2) is 6.29 Å². The predicted octanol–water partition coefficient (Wildman–Crippen LogP) is 2.28. The highest BCUT2D eigenvalue weighted by atomic mass is 35.5. The number of hydrogen-bond acceptors (Lipinski definition) is 3. The number of carbonyl (C=O) groups is 1. The third-order valence-corrected chi connectivity index (χ3v) is 1.79. The number of anilines is 1. The summed E-state index contributed by atoms with van der Waals surface area (Å²) in [5, 5.41) is 3.38. The van der Waals surface area contributed by atoms with Gasteiger partial charge in [-0.05, 0) is 19.1 Å². The summed E-state index contributed by atoms with van der Waals surface area (Å²) in [6.07, 6.45) is 5.21. The molecular formula is C10H10ClN3O. The van der Waals surface area contributed by atoms with Crippen molar-refractivity contribution >= 4 is 30.0 Å². The third kappa shape index (κ3) is 3.91. The van der Waals surface area contributed by atoms with E-state index in [1.807, 2.05) is 0 Å². The van der Waals surface area contributed by atoms with E-state index in [1.165, 1.54) is 12.5 Å². The Hall–Kier alpha value is -1.68. The molecule has 0 spiro atoms. The zero-order valence-corrected chi connectivity index (χ0v) is 8.90. The van der Waals surface area contributed by atoms with Gasteiger partial charge in [0.2, 0.25) is 0 Å². The Balaban J connectivity index is 2.57. The second-order valence-corrected chi connectivity index (χ2v) is 3.03. The molecule has 4 nitrogen and oxygen atoms in total. The molecule has 0 saturated carbocycles. The summed E-state index contributed by atoms with van der Waals surface area (Å²) >= 11 is 5.66. The van der Waals surface area contributed by atoms with E-state index in [0.717, 1.165) is 0 Å². The first-order valence-electron chi connectivity index (χ1n) is 4.28. The summed E-state index contributed by atoms with van der Waals surface area (Å²) in [5.74, 6) is 0.615. The van der Waals surface area contributed by atoms with E-state index >= 15 is 0 Å². The lowest BCUT2D eigenvalue weighted by Crippen LogP contribution is -1.97. The first-order valence-corrected chi connectivity index (χ1v) is 4.66. The van der Waals surface area contributed by atoms with Gasteiger partial charge in [-0.25, -0.2) is 9.98 Å². The van der Waals surface area contributed by atoms with Gasteiger partial charge in [0, 0.05) is 6.20 Å². The predicted molar refractivity (Wildman–Crippen MR) is 61.2 cm³/mol. The monoisotopic (exact) mass is 223 g/mol. The van der Waals surface area contributed by atoms with Crippen LogP contribution in [0.2, 0.25) is 5.02 Å². The van der Waals surface area contributed by atoms with Crippen LogP contribution in [-0.2, 0) is 4.79 Å². The van der Waals surface area contributed by atoms with E-state index in [9.17, 15) is 4.79 Å². The Kier molecular flexibility index (Phi) is 4.50. The molecule has 0 atom stereocenters. The van der Waals surface area contributed by atoms with Crippen LogP contribution >= 0.6 is 11.6 Å². The molecular weight excluding hydrogens is 214 g/mol. The van der Waals surface area contributed by atoms with Crippen LogP contribution in [0.3, 0.4) is 0 Å². The lowest BCUT2D eigenvalue weighted by atomic mass is 10.4. The number of aldehydes is 1. The number of nitrogens with zero attached hydrogens (tertiary/aromatic N) is 2. The number of pyridine rings is 1. The molecule has 78 valence electrons. The van der Waals surface area contributed by atoms with Crippen LogP contribution in [0, 0.1) is 0 Å². The highest BCUT2D eigenvalue weighted by molar-refractivity contribution is 6.30. The van der Waals surface area contributed by atoms with Crippen LogP contribution in [-0.4, -0.2) is 17.6 Å². The Bertz CT molecular complexity index is 384. The topological polar surface area (TPSA) is 54.4 Å². The number of rotatable bonds is 4. The molecule has 15 heavy (non-hydrogen) atoms. The van der Waals surface area contributed by atoms with Crippen molar-refractivity contribution in [2.75, 3.05) is 5.32 Å². The van der Waals surface area contributed by atoms with Gasteiger partial charge in [0.1, 0.15) is 11.5 Å². The molecule has 1 heterocycles. The fourth-order valence-corrected chi connectivity index (χ4v) is 0.919. The fourth-order valence-electron chi connectivity index (χ4n) is 0.807. The summed E-state index contributed by atoms with van der Waals surface area (Å²) in [4.78, 5) is 18.2. The second-order valence-electron chi connectivity index (χ2n) is 2.60. The minimum Gasteiger partial charge on any atom is -0.331 e. The molecule has 5 heteroatoms. The highest BCUT2D eigenvalue weighted by Crippen LogP contribution is 2.08. The number of aromatic nitrogens is 1. The normalized spacial score (nSPS) is 11.7. The van der Waals surface area contributed by atoms with Crippen molar-refractivity contribution in [3.8, 4) is 0 Å². The summed E-state index contributed by atoms with van der Waals surface area (Å²) in [5.41, 5.74) is 0.358. The standard InChI is InChI=1S/C10H10ClN3O/c1-2-9(6-15)13-7-14-10-4-3-8(11)5-12-10/h2-7H,1H3,(H,12,13,14)/b9-2-. The Morgan fingerprint density at radius 3 is 2.93 bits per heavy atom. The maximum Gasteiger partial charge on any atom is 0.168 e. The number of halogens is 1. The Morgan fingerprint density at radius 2 is 2.40 bits per heavy atom. The van der Waals surface area contributed by atoms with Gasteiger partial charge in [0.25, 0.3) is 0 Å². The molecule has 0 aliphatic rings. The average Bonchev–Trinajstić information content (AvgIpc) is 2.27. The smallest absolute Gasteiger partial charge is 0.168 e. The lowest BCUT2D eigenvalue weighted by molar-refractivity contribution is -0.104. The average molecular weight is 224 g/mol. The minimum absolute atomic E-state index is 0.358. The van der Waals surface area contributed by atoms with Crippen molar-refractivity contribution in [1.29, 1.82) is 0 Å². The first-order chi connectivity index (χ1) is 7.26. The molecule has 0 amide bonds. The van der Waals surface area contributed by atoms with Gasteiger partial charge in [-0.3, -0.25) is 4.79 Å². The van der Waals surface area contributed by atoms with Crippen LogP contribution in [0.4, 0.5) is 5.82 Å². The van der Waals surface area contributed by atoms with Crippen molar-refractivity contribution in [2.45, 2.75) is 6.92 Å². The maximum atomic E-state index is 10.4. The second kappa shape index (κ2) is 5.93. The molecule has 1 aromatic heterocycles. The molecule has 1 rings (SSSR count). The van der Waals surface area contributed by atoms with E-state index in [0.29, 0.717) is 22.8 Å².